The minimum absolute atomic E-state index is 0.335. The maximum Gasteiger partial charge on any atom is 0.182 e. The Hall–Kier alpha value is -2.34. The summed E-state index contributed by atoms with van der Waals surface area (Å²) in [6, 6.07) is 10.3. The molecule has 0 aliphatic carbocycles. The van der Waals surface area contributed by atoms with E-state index in [2.05, 4.69) is 4.98 Å². The van der Waals surface area contributed by atoms with Gasteiger partial charge in [-0.2, -0.15) is 0 Å². The first kappa shape index (κ1) is 13.6. The lowest BCUT2D eigenvalue weighted by Crippen LogP contribution is -1.97. The summed E-state index contributed by atoms with van der Waals surface area (Å²) in [5, 5.41) is 0. The maximum atomic E-state index is 13.8. The molecule has 0 aliphatic rings. The van der Waals surface area contributed by atoms with Crippen LogP contribution in [0.5, 0.6) is 11.5 Å². The lowest BCUT2D eigenvalue weighted by molar-refractivity contribution is 0.355. The first-order valence-corrected chi connectivity index (χ1v) is 6.68. The number of methoxy groups -OCH3 is 2. The molecule has 0 saturated carbocycles. The van der Waals surface area contributed by atoms with E-state index >= 15 is 0 Å². The van der Waals surface area contributed by atoms with Gasteiger partial charge in [0, 0.05) is 6.07 Å². The highest BCUT2D eigenvalue weighted by atomic mass is 32.1. The summed E-state index contributed by atoms with van der Waals surface area (Å²) < 4.78 is 26.5. The number of aromatic nitrogens is 2. The molecule has 3 aromatic rings. The van der Waals surface area contributed by atoms with Crippen LogP contribution < -0.4 is 9.47 Å². The van der Waals surface area contributed by atoms with Gasteiger partial charge in [-0.3, -0.25) is 4.57 Å². The van der Waals surface area contributed by atoms with Crippen molar-refractivity contribution in [3.63, 3.8) is 0 Å². The van der Waals surface area contributed by atoms with Gasteiger partial charge >= 0.3 is 0 Å². The standard InChI is InChI=1S/C15H13FN2O2S/c1-19-12-7-6-9(8-13(12)20-2)18-11-5-3-4-10(16)14(11)17-15(18)21/h3-8H,1-2H3,(H,17,21). The number of H-pyrrole nitrogens is 1. The normalized spacial score (nSPS) is 10.8. The zero-order chi connectivity index (χ0) is 15.0. The summed E-state index contributed by atoms with van der Waals surface area (Å²) in [7, 11) is 3.14. The second-order valence-corrected chi connectivity index (χ2v) is 4.83. The molecule has 4 nitrogen and oxygen atoms in total. The predicted molar refractivity (Wildman–Crippen MR) is 81.5 cm³/mol. The average Bonchev–Trinajstić information content (AvgIpc) is 2.84. The van der Waals surface area contributed by atoms with E-state index in [1.165, 1.54) is 6.07 Å². The fourth-order valence-electron chi connectivity index (χ4n) is 2.32. The zero-order valence-corrected chi connectivity index (χ0v) is 12.3. The highest BCUT2D eigenvalue weighted by molar-refractivity contribution is 7.71. The van der Waals surface area contributed by atoms with Crippen LogP contribution in [0, 0.1) is 10.6 Å². The van der Waals surface area contributed by atoms with Crippen LogP contribution in [0.2, 0.25) is 0 Å². The molecule has 1 aromatic heterocycles. The van der Waals surface area contributed by atoms with Gasteiger partial charge in [-0.25, -0.2) is 4.39 Å². The van der Waals surface area contributed by atoms with Gasteiger partial charge < -0.3 is 14.5 Å². The Kier molecular flexibility index (Phi) is 3.39. The van der Waals surface area contributed by atoms with Gasteiger partial charge in [0.25, 0.3) is 0 Å². The molecule has 0 fully saturated rings. The Bertz CT molecular complexity index is 870. The van der Waals surface area contributed by atoms with Gasteiger partial charge in [0.2, 0.25) is 0 Å². The molecule has 0 amide bonds. The van der Waals surface area contributed by atoms with Gasteiger partial charge in [-0.15, -0.1) is 0 Å². The quantitative estimate of drug-likeness (QED) is 0.747. The average molecular weight is 304 g/mol. The Morgan fingerprint density at radius 1 is 1.10 bits per heavy atom. The third-order valence-electron chi connectivity index (χ3n) is 3.29. The molecule has 3 rings (SSSR count). The first-order chi connectivity index (χ1) is 10.2. The van der Waals surface area contributed by atoms with E-state index in [1.54, 1.807) is 43.1 Å². The lowest BCUT2D eigenvalue weighted by Gasteiger charge is -2.10. The SMILES string of the molecule is COc1ccc(-n2c(=S)[nH]c3c(F)cccc32)cc1OC. The van der Waals surface area contributed by atoms with Crippen LogP contribution in [0.1, 0.15) is 0 Å². The number of nitrogens with zero attached hydrogens (tertiary/aromatic N) is 1. The molecule has 0 unspecified atom stereocenters. The van der Waals surface area contributed by atoms with Gasteiger partial charge in [0.15, 0.2) is 16.3 Å². The monoisotopic (exact) mass is 304 g/mol. The summed E-state index contributed by atoms with van der Waals surface area (Å²) in [5.74, 6) is 0.874. The summed E-state index contributed by atoms with van der Waals surface area (Å²) >= 11 is 5.30. The van der Waals surface area contributed by atoms with Crippen molar-refractivity contribution >= 4 is 23.3 Å². The third-order valence-corrected chi connectivity index (χ3v) is 3.58. The first-order valence-electron chi connectivity index (χ1n) is 6.27. The minimum atomic E-state index is -0.335. The van der Waals surface area contributed by atoms with Gasteiger partial charge in [-0.05, 0) is 36.5 Å². The predicted octanol–water partition coefficient (Wildman–Crippen LogP) is 3.84. The molecule has 0 aliphatic heterocycles. The van der Waals surface area contributed by atoms with Crippen molar-refractivity contribution in [1.29, 1.82) is 0 Å². The molecule has 1 heterocycles. The van der Waals surface area contributed by atoms with Crippen LogP contribution in [0.15, 0.2) is 36.4 Å². The Balaban J connectivity index is 2.28. The summed E-state index contributed by atoms with van der Waals surface area (Å²) in [5.41, 5.74) is 1.83. The number of halogens is 1. The number of hydrogen-bond acceptors (Lipinski definition) is 3. The largest absolute Gasteiger partial charge is 0.493 e. The van der Waals surface area contributed by atoms with Crippen molar-refractivity contribution in [2.24, 2.45) is 0 Å². The molecular weight excluding hydrogens is 291 g/mol. The molecule has 6 heteroatoms. The van der Waals surface area contributed by atoms with Crippen LogP contribution in [0.3, 0.4) is 0 Å². The number of fused-ring (bicyclic) bond motifs is 1. The summed E-state index contributed by atoms with van der Waals surface area (Å²) in [6.07, 6.45) is 0. The molecule has 21 heavy (non-hydrogen) atoms. The molecule has 108 valence electrons. The number of nitrogens with one attached hydrogen (secondary N) is 1. The molecule has 0 atom stereocenters. The number of rotatable bonds is 3. The van der Waals surface area contributed by atoms with Crippen molar-refractivity contribution in [3.05, 3.63) is 47.0 Å². The topological polar surface area (TPSA) is 39.2 Å². The smallest absolute Gasteiger partial charge is 0.182 e. The molecular formula is C15H13FN2O2S. The van der Waals surface area contributed by atoms with Gasteiger partial charge in [0.05, 0.1) is 25.4 Å². The van der Waals surface area contributed by atoms with E-state index in [9.17, 15) is 4.39 Å². The van der Waals surface area contributed by atoms with Crippen molar-refractivity contribution in [3.8, 4) is 17.2 Å². The van der Waals surface area contributed by atoms with E-state index in [4.69, 9.17) is 21.7 Å². The summed E-state index contributed by atoms with van der Waals surface area (Å²) in [6.45, 7) is 0. The Morgan fingerprint density at radius 2 is 1.86 bits per heavy atom. The van der Waals surface area contributed by atoms with E-state index in [0.29, 0.717) is 27.3 Å². The number of ether oxygens (including phenoxy) is 2. The molecule has 2 aromatic carbocycles. The maximum absolute atomic E-state index is 13.8. The highest BCUT2D eigenvalue weighted by Crippen LogP contribution is 2.31. The van der Waals surface area contributed by atoms with Gasteiger partial charge in [0.1, 0.15) is 11.3 Å². The fraction of sp³-hybridized carbons (Fsp3) is 0.133. The molecule has 1 N–H and O–H groups in total. The zero-order valence-electron chi connectivity index (χ0n) is 11.5. The van der Waals surface area contributed by atoms with Crippen molar-refractivity contribution in [2.45, 2.75) is 0 Å². The number of para-hydroxylation sites is 1. The molecule has 0 radical (unpaired) electrons. The highest BCUT2D eigenvalue weighted by Gasteiger charge is 2.12. The minimum Gasteiger partial charge on any atom is -0.493 e. The van der Waals surface area contributed by atoms with Crippen molar-refractivity contribution in [2.75, 3.05) is 14.2 Å². The lowest BCUT2D eigenvalue weighted by atomic mass is 10.2. The second-order valence-electron chi connectivity index (χ2n) is 4.44. The third kappa shape index (κ3) is 2.17. The van der Waals surface area contributed by atoms with Crippen LogP contribution in [-0.2, 0) is 0 Å². The number of aromatic amines is 1. The molecule has 0 saturated heterocycles. The molecule has 0 spiro atoms. The van der Waals surface area contributed by atoms with Crippen molar-refractivity contribution in [1.82, 2.24) is 9.55 Å². The van der Waals surface area contributed by atoms with Crippen LogP contribution in [0.25, 0.3) is 16.7 Å². The fourth-order valence-corrected chi connectivity index (χ4v) is 2.62. The summed E-state index contributed by atoms with van der Waals surface area (Å²) in [4.78, 5) is 2.89. The number of imidazole rings is 1. The van der Waals surface area contributed by atoms with Crippen LogP contribution in [-0.4, -0.2) is 23.8 Å². The second kappa shape index (κ2) is 5.21. The van der Waals surface area contributed by atoms with E-state index in [1.807, 2.05) is 6.07 Å². The number of hydrogen-bond donors (Lipinski definition) is 1. The Morgan fingerprint density at radius 3 is 2.57 bits per heavy atom. The van der Waals surface area contributed by atoms with Crippen molar-refractivity contribution < 1.29 is 13.9 Å². The van der Waals surface area contributed by atoms with Crippen LogP contribution >= 0.6 is 12.2 Å². The Labute approximate surface area is 125 Å². The van der Waals surface area contributed by atoms with E-state index in [-0.39, 0.29) is 5.82 Å². The van der Waals surface area contributed by atoms with Crippen LogP contribution in [0.4, 0.5) is 4.39 Å². The number of benzene rings is 2. The molecule has 0 bridgehead atoms. The van der Waals surface area contributed by atoms with E-state index < -0.39 is 0 Å². The van der Waals surface area contributed by atoms with E-state index in [0.717, 1.165) is 5.69 Å². The van der Waals surface area contributed by atoms with Gasteiger partial charge in [-0.1, -0.05) is 6.07 Å².